The second-order valence-electron chi connectivity index (χ2n) is 7.66. The number of carbonyl (C=O) groups is 1. The van der Waals surface area contributed by atoms with E-state index in [9.17, 15) is 4.79 Å². The van der Waals surface area contributed by atoms with E-state index in [1.165, 1.54) is 25.5 Å². The minimum Gasteiger partial charge on any atom is -0.438 e. The number of fused-ring (bicyclic) bond motifs is 9. The van der Waals surface area contributed by atoms with Crippen LogP contribution < -0.4 is 0 Å². The van der Waals surface area contributed by atoms with Crippen molar-refractivity contribution >= 4 is 6.16 Å². The molecule has 5 rings (SSSR count). The standard InChI is InChI=1S/C20H22O3/c1-22-19(21)23-17-11-15-10-16(17)18-12-7-8-14(9-12)20(15,18)13-5-3-2-4-6-13/h2-8,12,14-18H,9-11H2,1H3. The Bertz CT molecular complexity index is 667. The molecular formula is C20H22O3. The van der Waals surface area contributed by atoms with Crippen LogP contribution in [0.4, 0.5) is 4.79 Å². The van der Waals surface area contributed by atoms with Gasteiger partial charge in [0.05, 0.1) is 7.11 Å². The zero-order chi connectivity index (χ0) is 15.6. The minimum atomic E-state index is -0.522. The van der Waals surface area contributed by atoms with Gasteiger partial charge >= 0.3 is 6.16 Å². The topological polar surface area (TPSA) is 35.5 Å². The summed E-state index contributed by atoms with van der Waals surface area (Å²) in [5.41, 5.74) is 1.78. The molecule has 7 unspecified atom stereocenters. The molecule has 0 aromatic heterocycles. The molecule has 0 radical (unpaired) electrons. The van der Waals surface area contributed by atoms with Crippen molar-refractivity contribution in [2.24, 2.45) is 29.6 Å². The lowest BCUT2D eigenvalue weighted by Crippen LogP contribution is -2.48. The van der Waals surface area contributed by atoms with Crippen LogP contribution in [0, 0.1) is 29.6 Å². The maximum atomic E-state index is 11.6. The largest absolute Gasteiger partial charge is 0.508 e. The second kappa shape index (κ2) is 4.62. The first-order valence-corrected chi connectivity index (χ1v) is 8.73. The number of benzene rings is 1. The third-order valence-corrected chi connectivity index (χ3v) is 7.12. The molecule has 7 atom stereocenters. The number of allylic oxidation sites excluding steroid dienone is 2. The van der Waals surface area contributed by atoms with Crippen LogP contribution in [-0.4, -0.2) is 19.4 Å². The Hall–Kier alpha value is -1.77. The van der Waals surface area contributed by atoms with Crippen molar-refractivity contribution in [2.75, 3.05) is 7.11 Å². The van der Waals surface area contributed by atoms with Gasteiger partial charge in [0.2, 0.25) is 0 Å². The number of methoxy groups -OCH3 is 1. The lowest BCUT2D eigenvalue weighted by Gasteiger charge is -2.47. The van der Waals surface area contributed by atoms with Gasteiger partial charge in [-0.2, -0.15) is 0 Å². The molecule has 3 heteroatoms. The van der Waals surface area contributed by atoms with E-state index in [1.807, 2.05) is 0 Å². The van der Waals surface area contributed by atoms with Crippen molar-refractivity contribution in [1.82, 2.24) is 0 Å². The zero-order valence-electron chi connectivity index (χ0n) is 13.4. The summed E-state index contributed by atoms with van der Waals surface area (Å²) in [5, 5.41) is 0. The van der Waals surface area contributed by atoms with Crippen LogP contribution in [0.2, 0.25) is 0 Å². The highest BCUT2D eigenvalue weighted by Gasteiger charge is 2.71. The van der Waals surface area contributed by atoms with E-state index in [-0.39, 0.29) is 11.5 Å². The summed E-state index contributed by atoms with van der Waals surface area (Å²) < 4.78 is 10.3. The number of hydrogen-bond acceptors (Lipinski definition) is 3. The minimum absolute atomic E-state index is 0.0436. The molecule has 4 aliphatic rings. The normalized spacial score (nSPS) is 45.3. The average molecular weight is 310 g/mol. The number of hydrogen-bond donors (Lipinski definition) is 0. The van der Waals surface area contributed by atoms with Gasteiger partial charge in [-0.25, -0.2) is 4.79 Å². The van der Waals surface area contributed by atoms with E-state index in [4.69, 9.17) is 9.47 Å². The van der Waals surface area contributed by atoms with Crippen molar-refractivity contribution in [3.8, 4) is 0 Å². The molecule has 3 saturated carbocycles. The van der Waals surface area contributed by atoms with Crippen LogP contribution in [0.5, 0.6) is 0 Å². The van der Waals surface area contributed by atoms with Gasteiger partial charge in [-0.1, -0.05) is 42.5 Å². The van der Waals surface area contributed by atoms with Crippen molar-refractivity contribution < 1.29 is 14.3 Å². The fraction of sp³-hybridized carbons (Fsp3) is 0.550. The molecule has 0 spiro atoms. The third-order valence-electron chi connectivity index (χ3n) is 7.12. The monoisotopic (exact) mass is 310 g/mol. The summed E-state index contributed by atoms with van der Waals surface area (Å²) in [4.78, 5) is 11.6. The van der Waals surface area contributed by atoms with Crippen molar-refractivity contribution in [3.63, 3.8) is 0 Å². The molecule has 1 aromatic carbocycles. The Morgan fingerprint density at radius 3 is 2.74 bits per heavy atom. The predicted molar refractivity (Wildman–Crippen MR) is 85.8 cm³/mol. The summed E-state index contributed by atoms with van der Waals surface area (Å²) in [6.07, 6.45) is 7.86. The van der Waals surface area contributed by atoms with Crippen LogP contribution in [0.3, 0.4) is 0 Å². The summed E-state index contributed by atoms with van der Waals surface area (Å²) in [7, 11) is 1.39. The van der Waals surface area contributed by atoms with Gasteiger partial charge in [-0.05, 0) is 48.5 Å². The number of rotatable bonds is 2. The maximum absolute atomic E-state index is 11.6. The molecule has 1 aromatic rings. The predicted octanol–water partition coefficient (Wildman–Crippen LogP) is 3.94. The summed E-state index contributed by atoms with van der Waals surface area (Å²) in [5.74, 6) is 3.04. The Morgan fingerprint density at radius 1 is 1.13 bits per heavy atom. The SMILES string of the molecule is COC(=O)OC1CC2CC1C1C3C=CC(C3)C21c1ccccc1. The van der Waals surface area contributed by atoms with E-state index in [0.29, 0.717) is 29.6 Å². The number of carbonyl (C=O) groups excluding carboxylic acids is 1. The molecule has 4 bridgehead atoms. The Morgan fingerprint density at radius 2 is 1.96 bits per heavy atom. The molecule has 0 N–H and O–H groups in total. The molecule has 3 fully saturated rings. The van der Waals surface area contributed by atoms with Crippen LogP contribution in [0.25, 0.3) is 0 Å². The molecule has 0 saturated heterocycles. The highest BCUT2D eigenvalue weighted by Crippen LogP contribution is 2.73. The van der Waals surface area contributed by atoms with Gasteiger partial charge < -0.3 is 9.47 Å². The maximum Gasteiger partial charge on any atom is 0.508 e. The van der Waals surface area contributed by atoms with Gasteiger partial charge in [-0.15, -0.1) is 0 Å². The van der Waals surface area contributed by atoms with Gasteiger partial charge in [0.15, 0.2) is 0 Å². The van der Waals surface area contributed by atoms with E-state index in [2.05, 4.69) is 42.5 Å². The van der Waals surface area contributed by atoms with E-state index < -0.39 is 6.16 Å². The molecule has 3 nitrogen and oxygen atoms in total. The molecule has 0 heterocycles. The first kappa shape index (κ1) is 13.6. The lowest BCUT2D eigenvalue weighted by molar-refractivity contribution is -0.0173. The van der Waals surface area contributed by atoms with Crippen LogP contribution in [0.1, 0.15) is 24.8 Å². The summed E-state index contributed by atoms with van der Waals surface area (Å²) in [6.45, 7) is 0. The van der Waals surface area contributed by atoms with E-state index >= 15 is 0 Å². The van der Waals surface area contributed by atoms with Crippen molar-refractivity contribution in [3.05, 3.63) is 48.0 Å². The lowest BCUT2D eigenvalue weighted by atomic mass is 9.57. The third kappa shape index (κ3) is 1.58. The summed E-state index contributed by atoms with van der Waals surface area (Å²) >= 11 is 0. The Labute approximate surface area is 136 Å². The van der Waals surface area contributed by atoms with Crippen LogP contribution in [-0.2, 0) is 14.9 Å². The average Bonchev–Trinajstić information content (AvgIpc) is 3.33. The van der Waals surface area contributed by atoms with Crippen molar-refractivity contribution in [1.29, 1.82) is 0 Å². The Balaban J connectivity index is 1.55. The molecule has 0 aliphatic heterocycles. The van der Waals surface area contributed by atoms with Gasteiger partial charge in [0.25, 0.3) is 0 Å². The smallest absolute Gasteiger partial charge is 0.438 e. The van der Waals surface area contributed by atoms with E-state index in [1.54, 1.807) is 0 Å². The number of ether oxygens (including phenoxy) is 2. The molecule has 4 aliphatic carbocycles. The quantitative estimate of drug-likeness (QED) is 0.471. The van der Waals surface area contributed by atoms with Crippen LogP contribution >= 0.6 is 0 Å². The van der Waals surface area contributed by atoms with Gasteiger partial charge in [-0.3, -0.25) is 0 Å². The first-order valence-electron chi connectivity index (χ1n) is 8.73. The van der Waals surface area contributed by atoms with Gasteiger partial charge in [0.1, 0.15) is 6.10 Å². The fourth-order valence-electron chi connectivity index (χ4n) is 6.67. The summed E-state index contributed by atoms with van der Waals surface area (Å²) in [6, 6.07) is 11.1. The first-order chi connectivity index (χ1) is 11.2. The molecular weight excluding hydrogens is 288 g/mol. The molecule has 0 amide bonds. The highest BCUT2D eigenvalue weighted by atomic mass is 16.7. The fourth-order valence-corrected chi connectivity index (χ4v) is 6.67. The molecule has 23 heavy (non-hydrogen) atoms. The zero-order valence-corrected chi connectivity index (χ0v) is 13.4. The highest BCUT2D eigenvalue weighted by molar-refractivity contribution is 5.60. The molecule has 120 valence electrons. The van der Waals surface area contributed by atoms with Crippen molar-refractivity contribution in [2.45, 2.75) is 30.8 Å². The second-order valence-corrected chi connectivity index (χ2v) is 7.66. The van der Waals surface area contributed by atoms with E-state index in [0.717, 1.165) is 6.42 Å². The van der Waals surface area contributed by atoms with Crippen LogP contribution in [0.15, 0.2) is 42.5 Å². The van der Waals surface area contributed by atoms with Gasteiger partial charge in [0, 0.05) is 11.3 Å². The Kier molecular flexibility index (Phi) is 2.74.